The number of hydrogen-bond donors (Lipinski definition) is 1. The molecule has 1 fully saturated rings. The van der Waals surface area contributed by atoms with Crippen molar-refractivity contribution in [2.45, 2.75) is 18.7 Å². The standard InChI is InChI=1S/C22H28ClN3O4S/c1-17-6-8-19(9-7-17)31(28,29)26(21-5-3-4-20(23)18(21)2)16-22(27)24-10-11-25-12-14-30-15-13-25/h3-9H,10-16H2,1-2H3,(H,24,27). The largest absolute Gasteiger partial charge is 0.379 e. The predicted octanol–water partition coefficient (Wildman–Crippen LogP) is 2.60. The fourth-order valence-electron chi connectivity index (χ4n) is 3.37. The third-order valence-electron chi connectivity index (χ3n) is 5.26. The van der Waals surface area contributed by atoms with Crippen molar-refractivity contribution in [2.75, 3.05) is 50.2 Å². The highest BCUT2D eigenvalue weighted by atomic mass is 35.5. The number of rotatable bonds is 8. The molecule has 0 radical (unpaired) electrons. The summed E-state index contributed by atoms with van der Waals surface area (Å²) in [4.78, 5) is 15.0. The first-order valence-corrected chi connectivity index (χ1v) is 12.0. The number of benzene rings is 2. The second-order valence-electron chi connectivity index (χ2n) is 7.51. The van der Waals surface area contributed by atoms with Crippen molar-refractivity contribution in [2.24, 2.45) is 0 Å². The third-order valence-corrected chi connectivity index (χ3v) is 7.44. The number of anilines is 1. The zero-order chi connectivity index (χ0) is 22.4. The lowest BCUT2D eigenvalue weighted by Gasteiger charge is -2.27. The van der Waals surface area contributed by atoms with E-state index in [1.807, 2.05) is 6.92 Å². The van der Waals surface area contributed by atoms with E-state index in [-0.39, 0.29) is 17.3 Å². The van der Waals surface area contributed by atoms with Crippen LogP contribution in [-0.4, -0.2) is 65.2 Å². The molecule has 0 atom stereocenters. The van der Waals surface area contributed by atoms with Crippen LogP contribution >= 0.6 is 11.6 Å². The Morgan fingerprint density at radius 1 is 1.13 bits per heavy atom. The maximum absolute atomic E-state index is 13.4. The Bertz CT molecular complexity index is 1010. The Kier molecular flexibility index (Phi) is 7.94. The van der Waals surface area contributed by atoms with Gasteiger partial charge in [0.2, 0.25) is 5.91 Å². The maximum atomic E-state index is 13.4. The molecule has 1 aliphatic heterocycles. The van der Waals surface area contributed by atoms with Crippen LogP contribution in [0.5, 0.6) is 0 Å². The topological polar surface area (TPSA) is 79.0 Å². The van der Waals surface area contributed by atoms with Crippen LogP contribution < -0.4 is 9.62 Å². The van der Waals surface area contributed by atoms with Gasteiger partial charge in [0.15, 0.2) is 0 Å². The Morgan fingerprint density at radius 2 is 1.81 bits per heavy atom. The van der Waals surface area contributed by atoms with Crippen molar-refractivity contribution in [3.63, 3.8) is 0 Å². The van der Waals surface area contributed by atoms with Gasteiger partial charge in [-0.1, -0.05) is 35.4 Å². The molecular weight excluding hydrogens is 438 g/mol. The summed E-state index contributed by atoms with van der Waals surface area (Å²) in [6.45, 7) is 7.44. The number of carbonyl (C=O) groups excluding carboxylic acids is 1. The molecule has 0 bridgehead atoms. The van der Waals surface area contributed by atoms with Crippen molar-refractivity contribution < 1.29 is 17.9 Å². The fourth-order valence-corrected chi connectivity index (χ4v) is 5.02. The molecule has 0 aromatic heterocycles. The van der Waals surface area contributed by atoms with Gasteiger partial charge in [-0.3, -0.25) is 14.0 Å². The minimum atomic E-state index is -3.96. The number of nitrogens with one attached hydrogen (secondary N) is 1. The minimum Gasteiger partial charge on any atom is -0.379 e. The van der Waals surface area contributed by atoms with Crippen LogP contribution in [0.1, 0.15) is 11.1 Å². The van der Waals surface area contributed by atoms with E-state index in [1.54, 1.807) is 49.4 Å². The highest BCUT2D eigenvalue weighted by Crippen LogP contribution is 2.30. The lowest BCUT2D eigenvalue weighted by molar-refractivity contribution is -0.119. The molecule has 0 unspecified atom stereocenters. The molecule has 31 heavy (non-hydrogen) atoms. The molecule has 0 spiro atoms. The molecule has 3 rings (SSSR count). The minimum absolute atomic E-state index is 0.124. The SMILES string of the molecule is Cc1ccc(S(=O)(=O)N(CC(=O)NCCN2CCOCC2)c2cccc(Cl)c2C)cc1. The quantitative estimate of drug-likeness (QED) is 0.648. The number of sulfonamides is 1. The summed E-state index contributed by atoms with van der Waals surface area (Å²) in [6, 6.07) is 11.6. The van der Waals surface area contributed by atoms with E-state index in [2.05, 4.69) is 10.2 Å². The third kappa shape index (κ3) is 5.98. The van der Waals surface area contributed by atoms with Gasteiger partial charge in [0.05, 0.1) is 23.8 Å². The summed E-state index contributed by atoms with van der Waals surface area (Å²) in [5.74, 6) is -0.372. The van der Waals surface area contributed by atoms with Crippen molar-refractivity contribution in [1.82, 2.24) is 10.2 Å². The molecule has 1 saturated heterocycles. The average molecular weight is 466 g/mol. The van der Waals surface area contributed by atoms with E-state index in [1.165, 1.54) is 0 Å². The van der Waals surface area contributed by atoms with Gasteiger partial charge in [-0.15, -0.1) is 0 Å². The number of carbonyl (C=O) groups is 1. The number of amides is 1. The number of aryl methyl sites for hydroxylation is 1. The Balaban J connectivity index is 1.79. The molecule has 0 saturated carbocycles. The summed E-state index contributed by atoms with van der Waals surface area (Å²) >= 11 is 6.24. The molecule has 168 valence electrons. The lowest BCUT2D eigenvalue weighted by atomic mass is 10.2. The highest BCUT2D eigenvalue weighted by molar-refractivity contribution is 7.92. The number of halogens is 1. The van der Waals surface area contributed by atoms with Crippen LogP contribution in [0, 0.1) is 13.8 Å². The van der Waals surface area contributed by atoms with Gasteiger partial charge < -0.3 is 10.1 Å². The molecule has 1 amide bonds. The van der Waals surface area contributed by atoms with Gasteiger partial charge in [-0.05, 0) is 43.7 Å². The Hall–Kier alpha value is -2.13. The first-order valence-electron chi connectivity index (χ1n) is 10.2. The van der Waals surface area contributed by atoms with E-state index in [0.717, 1.165) is 23.0 Å². The fraction of sp³-hybridized carbons (Fsp3) is 0.409. The second kappa shape index (κ2) is 10.5. The summed E-state index contributed by atoms with van der Waals surface area (Å²) in [5, 5.41) is 3.28. The van der Waals surface area contributed by atoms with Crippen LogP contribution in [0.2, 0.25) is 5.02 Å². The molecule has 2 aromatic carbocycles. The van der Waals surface area contributed by atoms with E-state index in [0.29, 0.717) is 42.6 Å². The number of hydrogen-bond acceptors (Lipinski definition) is 5. The van der Waals surface area contributed by atoms with Gasteiger partial charge in [0, 0.05) is 31.2 Å². The van der Waals surface area contributed by atoms with E-state index >= 15 is 0 Å². The summed E-state index contributed by atoms with van der Waals surface area (Å²) in [7, 11) is -3.96. The van der Waals surface area contributed by atoms with E-state index < -0.39 is 10.0 Å². The normalized spacial score (nSPS) is 14.9. The number of nitrogens with zero attached hydrogens (tertiary/aromatic N) is 2. The first-order chi connectivity index (χ1) is 14.8. The Labute approximate surface area is 189 Å². The maximum Gasteiger partial charge on any atom is 0.264 e. The monoisotopic (exact) mass is 465 g/mol. The van der Waals surface area contributed by atoms with Gasteiger partial charge in [0.1, 0.15) is 6.54 Å². The van der Waals surface area contributed by atoms with Crippen molar-refractivity contribution in [1.29, 1.82) is 0 Å². The highest BCUT2D eigenvalue weighted by Gasteiger charge is 2.28. The zero-order valence-corrected chi connectivity index (χ0v) is 19.4. The summed E-state index contributed by atoms with van der Waals surface area (Å²) in [6.07, 6.45) is 0. The van der Waals surface area contributed by atoms with Crippen LogP contribution in [-0.2, 0) is 19.6 Å². The summed E-state index contributed by atoms with van der Waals surface area (Å²) in [5.41, 5.74) is 1.93. The molecule has 2 aromatic rings. The Morgan fingerprint density at radius 3 is 2.48 bits per heavy atom. The van der Waals surface area contributed by atoms with Crippen molar-refractivity contribution >= 4 is 33.2 Å². The van der Waals surface area contributed by atoms with Gasteiger partial charge >= 0.3 is 0 Å². The van der Waals surface area contributed by atoms with Gasteiger partial charge in [0.25, 0.3) is 10.0 Å². The second-order valence-corrected chi connectivity index (χ2v) is 9.78. The molecule has 9 heteroatoms. The lowest BCUT2D eigenvalue weighted by Crippen LogP contribution is -2.45. The molecule has 1 heterocycles. The van der Waals surface area contributed by atoms with Gasteiger partial charge in [-0.2, -0.15) is 0 Å². The molecule has 7 nitrogen and oxygen atoms in total. The average Bonchev–Trinajstić information content (AvgIpc) is 2.75. The molecule has 1 N–H and O–H groups in total. The summed E-state index contributed by atoms with van der Waals surface area (Å²) < 4.78 is 33.3. The molecule has 1 aliphatic rings. The van der Waals surface area contributed by atoms with Gasteiger partial charge in [-0.25, -0.2) is 8.42 Å². The smallest absolute Gasteiger partial charge is 0.264 e. The number of morpholine rings is 1. The van der Waals surface area contributed by atoms with E-state index in [4.69, 9.17) is 16.3 Å². The van der Waals surface area contributed by atoms with Crippen LogP contribution in [0.4, 0.5) is 5.69 Å². The predicted molar refractivity (Wildman–Crippen MR) is 122 cm³/mol. The van der Waals surface area contributed by atoms with Crippen molar-refractivity contribution in [3.8, 4) is 0 Å². The molecular formula is C22H28ClN3O4S. The van der Waals surface area contributed by atoms with Crippen molar-refractivity contribution in [3.05, 3.63) is 58.6 Å². The molecule has 0 aliphatic carbocycles. The zero-order valence-electron chi connectivity index (χ0n) is 17.8. The van der Waals surface area contributed by atoms with Crippen LogP contribution in [0.15, 0.2) is 47.4 Å². The van der Waals surface area contributed by atoms with E-state index in [9.17, 15) is 13.2 Å². The number of ether oxygens (including phenoxy) is 1. The first kappa shape index (κ1) is 23.5. The van der Waals surface area contributed by atoms with Crippen LogP contribution in [0.3, 0.4) is 0 Å². The van der Waals surface area contributed by atoms with Crippen LogP contribution in [0.25, 0.3) is 0 Å².